The van der Waals surface area contributed by atoms with Crippen molar-refractivity contribution in [3.8, 4) is 0 Å². The first-order valence-electron chi connectivity index (χ1n) is 6.96. The van der Waals surface area contributed by atoms with Crippen LogP contribution in [0, 0.1) is 5.82 Å². The van der Waals surface area contributed by atoms with E-state index < -0.39 is 23.3 Å². The summed E-state index contributed by atoms with van der Waals surface area (Å²) in [7, 11) is 0. The van der Waals surface area contributed by atoms with E-state index in [4.69, 9.17) is 11.5 Å². The number of urea groups is 1. The molecular weight excluding hydrogens is 317 g/mol. The fraction of sp³-hybridized carbons (Fsp3) is 0.214. The van der Waals surface area contributed by atoms with E-state index in [1.54, 1.807) is 6.07 Å². The lowest BCUT2D eigenvalue weighted by Gasteiger charge is -2.22. The molecule has 0 unspecified atom stereocenters. The number of anilines is 2. The molecule has 0 radical (unpaired) electrons. The Morgan fingerprint density at radius 1 is 1.17 bits per heavy atom. The zero-order valence-corrected chi connectivity index (χ0v) is 12.7. The van der Waals surface area contributed by atoms with Gasteiger partial charge in [0.2, 0.25) is 11.9 Å². The predicted octanol–water partition coefficient (Wildman–Crippen LogP) is 0.142. The van der Waals surface area contributed by atoms with Crippen LogP contribution in [-0.2, 0) is 16.9 Å². The van der Waals surface area contributed by atoms with Crippen LogP contribution in [0.25, 0.3) is 0 Å². The first kappa shape index (κ1) is 15.6. The van der Waals surface area contributed by atoms with Gasteiger partial charge in [-0.15, -0.1) is 0 Å². The number of nitrogens with two attached hydrogens (primary N) is 2. The lowest BCUT2D eigenvalue weighted by atomic mass is 9.91. The van der Waals surface area contributed by atoms with E-state index in [1.807, 2.05) is 0 Å². The number of benzene rings is 1. The molecule has 24 heavy (non-hydrogen) atoms. The molecule has 1 aliphatic rings. The van der Waals surface area contributed by atoms with E-state index in [-0.39, 0.29) is 29.8 Å². The summed E-state index contributed by atoms with van der Waals surface area (Å²) in [5.41, 5.74) is 9.49. The summed E-state index contributed by atoms with van der Waals surface area (Å²) >= 11 is 0. The molecule has 1 saturated heterocycles. The Bertz CT molecular complexity index is 823. The number of rotatable bonds is 3. The van der Waals surface area contributed by atoms with Gasteiger partial charge in [-0.25, -0.2) is 9.18 Å². The van der Waals surface area contributed by atoms with E-state index in [0.29, 0.717) is 0 Å². The molecule has 124 valence electrons. The third kappa shape index (κ3) is 2.47. The third-order valence-corrected chi connectivity index (χ3v) is 3.70. The molecule has 0 spiro atoms. The summed E-state index contributed by atoms with van der Waals surface area (Å²) in [5, 5.41) is 2.50. The molecule has 2 heterocycles. The van der Waals surface area contributed by atoms with Crippen molar-refractivity contribution >= 4 is 23.8 Å². The zero-order chi connectivity index (χ0) is 17.5. The highest BCUT2D eigenvalue weighted by molar-refractivity contribution is 6.07. The molecule has 0 aliphatic carbocycles. The van der Waals surface area contributed by atoms with Gasteiger partial charge < -0.3 is 16.8 Å². The highest BCUT2D eigenvalue weighted by Crippen LogP contribution is 2.31. The number of halogens is 1. The summed E-state index contributed by atoms with van der Waals surface area (Å²) in [6.07, 6.45) is 0. The molecule has 0 bridgehead atoms. The van der Waals surface area contributed by atoms with Crippen LogP contribution in [0.5, 0.6) is 0 Å². The first-order valence-corrected chi connectivity index (χ1v) is 6.96. The Hall–Kier alpha value is -3.30. The largest absolute Gasteiger partial charge is 0.368 e. The summed E-state index contributed by atoms with van der Waals surface area (Å²) in [6.45, 7) is 1.17. The van der Waals surface area contributed by atoms with Gasteiger partial charge in [-0.1, -0.05) is 18.2 Å². The minimum atomic E-state index is -1.52. The third-order valence-electron chi connectivity index (χ3n) is 3.70. The van der Waals surface area contributed by atoms with Gasteiger partial charge in [-0.2, -0.15) is 15.0 Å². The SMILES string of the molecule is C[C@@]1(c2ccccc2F)NC(=O)N(Cc2nc(N)nc(N)n2)C1=O. The van der Waals surface area contributed by atoms with Gasteiger partial charge in [0, 0.05) is 5.56 Å². The predicted molar refractivity (Wildman–Crippen MR) is 81.5 cm³/mol. The van der Waals surface area contributed by atoms with E-state index in [0.717, 1.165) is 4.90 Å². The second kappa shape index (κ2) is 5.41. The number of nitrogens with one attached hydrogen (secondary N) is 1. The Balaban J connectivity index is 1.93. The molecule has 3 rings (SSSR count). The molecule has 5 N–H and O–H groups in total. The van der Waals surface area contributed by atoms with E-state index in [1.165, 1.54) is 25.1 Å². The normalized spacial score (nSPS) is 20.3. The van der Waals surface area contributed by atoms with Gasteiger partial charge in [0.25, 0.3) is 5.91 Å². The molecule has 1 fully saturated rings. The number of hydrogen-bond donors (Lipinski definition) is 3. The Morgan fingerprint density at radius 2 is 1.79 bits per heavy atom. The molecule has 3 amide bonds. The molecule has 2 aromatic rings. The van der Waals surface area contributed by atoms with Gasteiger partial charge in [-0.05, 0) is 13.0 Å². The quantitative estimate of drug-likeness (QED) is 0.680. The van der Waals surface area contributed by atoms with E-state index in [2.05, 4.69) is 20.3 Å². The van der Waals surface area contributed by atoms with Crippen LogP contribution < -0.4 is 16.8 Å². The Kier molecular flexibility index (Phi) is 3.51. The monoisotopic (exact) mass is 331 g/mol. The molecule has 1 aromatic heterocycles. The van der Waals surface area contributed by atoms with Crippen molar-refractivity contribution < 1.29 is 14.0 Å². The number of hydrogen-bond acceptors (Lipinski definition) is 7. The fourth-order valence-electron chi connectivity index (χ4n) is 2.56. The van der Waals surface area contributed by atoms with Gasteiger partial charge in [0.15, 0.2) is 5.82 Å². The zero-order valence-electron chi connectivity index (χ0n) is 12.7. The molecular formula is C14H14FN7O2. The van der Waals surface area contributed by atoms with E-state index in [9.17, 15) is 14.0 Å². The second-order valence-electron chi connectivity index (χ2n) is 5.39. The van der Waals surface area contributed by atoms with Crippen LogP contribution >= 0.6 is 0 Å². The molecule has 1 aliphatic heterocycles. The number of carbonyl (C=O) groups is 2. The van der Waals surface area contributed by atoms with Gasteiger partial charge in [0.1, 0.15) is 11.4 Å². The van der Waals surface area contributed by atoms with Gasteiger partial charge in [-0.3, -0.25) is 9.69 Å². The van der Waals surface area contributed by atoms with Crippen LogP contribution in [0.2, 0.25) is 0 Å². The molecule has 1 aromatic carbocycles. The van der Waals surface area contributed by atoms with Crippen molar-refractivity contribution in [3.05, 3.63) is 41.5 Å². The number of carbonyl (C=O) groups excluding carboxylic acids is 2. The maximum Gasteiger partial charge on any atom is 0.325 e. The molecule has 10 heteroatoms. The van der Waals surface area contributed by atoms with Crippen molar-refractivity contribution in [3.63, 3.8) is 0 Å². The van der Waals surface area contributed by atoms with Crippen LogP contribution in [0.15, 0.2) is 24.3 Å². The summed E-state index contributed by atoms with van der Waals surface area (Å²) in [6, 6.07) is 5.05. The van der Waals surface area contributed by atoms with E-state index >= 15 is 0 Å². The average molecular weight is 331 g/mol. The minimum Gasteiger partial charge on any atom is -0.368 e. The van der Waals surface area contributed by atoms with Crippen molar-refractivity contribution in [2.45, 2.75) is 19.0 Å². The van der Waals surface area contributed by atoms with Crippen molar-refractivity contribution in [1.29, 1.82) is 0 Å². The molecule has 1 atom stereocenters. The topological polar surface area (TPSA) is 140 Å². The van der Waals surface area contributed by atoms with Crippen LogP contribution in [0.4, 0.5) is 21.1 Å². The standard InChI is InChI=1S/C14H14FN7O2/c1-14(7-4-2-3-5-8(7)15)10(23)22(13(24)21-14)6-9-18-11(16)20-12(17)19-9/h2-5H,6H2,1H3,(H,21,24)(H4,16,17,18,19,20)/t14-/m0/s1. The molecule has 0 saturated carbocycles. The van der Waals surface area contributed by atoms with Gasteiger partial charge in [0.05, 0.1) is 6.54 Å². The van der Waals surface area contributed by atoms with Crippen LogP contribution in [0.1, 0.15) is 18.3 Å². The number of aromatic nitrogens is 3. The second-order valence-corrected chi connectivity index (χ2v) is 5.39. The Morgan fingerprint density at radius 3 is 2.42 bits per heavy atom. The minimum absolute atomic E-state index is 0.0567. The summed E-state index contributed by atoms with van der Waals surface area (Å²) in [5.74, 6) is -1.41. The van der Waals surface area contributed by atoms with Crippen molar-refractivity contribution in [2.75, 3.05) is 11.5 Å². The average Bonchev–Trinajstić information content (AvgIpc) is 2.71. The fourth-order valence-corrected chi connectivity index (χ4v) is 2.56. The lowest BCUT2D eigenvalue weighted by Crippen LogP contribution is -2.41. The molecule has 9 nitrogen and oxygen atoms in total. The van der Waals surface area contributed by atoms with Crippen molar-refractivity contribution in [2.24, 2.45) is 0 Å². The van der Waals surface area contributed by atoms with Crippen molar-refractivity contribution in [1.82, 2.24) is 25.2 Å². The number of imide groups is 1. The Labute approximate surface area is 135 Å². The highest BCUT2D eigenvalue weighted by Gasteiger charge is 2.50. The maximum atomic E-state index is 14.1. The number of nitrogens with zero attached hydrogens (tertiary/aromatic N) is 4. The number of nitrogen functional groups attached to an aromatic ring is 2. The smallest absolute Gasteiger partial charge is 0.325 e. The maximum absolute atomic E-state index is 14.1. The van der Waals surface area contributed by atoms with Crippen LogP contribution in [-0.4, -0.2) is 31.8 Å². The van der Waals surface area contributed by atoms with Crippen LogP contribution in [0.3, 0.4) is 0 Å². The number of amides is 3. The van der Waals surface area contributed by atoms with Gasteiger partial charge >= 0.3 is 6.03 Å². The highest BCUT2D eigenvalue weighted by atomic mass is 19.1. The first-order chi connectivity index (χ1) is 11.3. The lowest BCUT2D eigenvalue weighted by molar-refractivity contribution is -0.131. The summed E-state index contributed by atoms with van der Waals surface area (Å²) < 4.78 is 14.1. The summed E-state index contributed by atoms with van der Waals surface area (Å²) in [4.78, 5) is 37.1.